The average Bonchev–Trinajstić information content (AvgIpc) is 2.72. The van der Waals surface area contributed by atoms with Gasteiger partial charge in [-0.3, -0.25) is 9.78 Å². The molecule has 1 atom stereocenters. The molecule has 0 aliphatic carbocycles. The van der Waals surface area contributed by atoms with E-state index in [0.717, 1.165) is 38.7 Å². The van der Waals surface area contributed by atoms with Crippen molar-refractivity contribution in [3.63, 3.8) is 0 Å². The summed E-state index contributed by atoms with van der Waals surface area (Å²) >= 11 is 0. The van der Waals surface area contributed by atoms with Crippen LogP contribution in [0.3, 0.4) is 0 Å². The number of methoxy groups -OCH3 is 1. The molecular weight excluding hydrogens is 336 g/mol. The number of aromatic nitrogens is 1. The Morgan fingerprint density at radius 3 is 2.59 bits per heavy atom. The lowest BCUT2D eigenvalue weighted by molar-refractivity contribution is -0.117. The quantitative estimate of drug-likeness (QED) is 0.551. The Labute approximate surface area is 157 Å². The number of amides is 1. The zero-order chi connectivity index (χ0) is 18.8. The van der Waals surface area contributed by atoms with Crippen LogP contribution in [-0.4, -0.2) is 18.0 Å². The minimum atomic E-state index is -0.282. The van der Waals surface area contributed by atoms with Gasteiger partial charge in [0.05, 0.1) is 24.2 Å². The van der Waals surface area contributed by atoms with Crippen LogP contribution in [0.1, 0.15) is 18.4 Å². The Hall–Kier alpha value is -3.40. The monoisotopic (exact) mass is 356 g/mol. The van der Waals surface area contributed by atoms with Crippen molar-refractivity contribution < 1.29 is 9.53 Å². The van der Waals surface area contributed by atoms with E-state index >= 15 is 0 Å². The fourth-order valence-corrected chi connectivity index (χ4v) is 3.24. The molecule has 0 spiro atoms. The van der Waals surface area contributed by atoms with Crippen LogP contribution in [0.4, 0.5) is 5.69 Å². The summed E-state index contributed by atoms with van der Waals surface area (Å²) in [4.78, 5) is 17.2. The van der Waals surface area contributed by atoms with E-state index in [1.165, 1.54) is 0 Å². The maximum Gasteiger partial charge on any atom is 0.231 e. The summed E-state index contributed by atoms with van der Waals surface area (Å²) in [6, 6.07) is 21.7. The first-order valence-corrected chi connectivity index (χ1v) is 8.88. The maximum atomic E-state index is 12.8. The Morgan fingerprint density at radius 1 is 0.963 bits per heavy atom. The molecule has 4 heteroatoms. The molecule has 3 aromatic carbocycles. The second-order valence-corrected chi connectivity index (χ2v) is 6.56. The molecule has 4 rings (SSSR count). The maximum absolute atomic E-state index is 12.8. The van der Waals surface area contributed by atoms with Crippen molar-refractivity contribution in [3.05, 3.63) is 78.5 Å². The molecule has 0 saturated carbocycles. The molecule has 27 heavy (non-hydrogen) atoms. The molecule has 1 amide bonds. The van der Waals surface area contributed by atoms with Gasteiger partial charge in [-0.1, -0.05) is 42.5 Å². The number of rotatable bonds is 4. The van der Waals surface area contributed by atoms with Crippen LogP contribution >= 0.6 is 0 Å². The van der Waals surface area contributed by atoms with Gasteiger partial charge in [0.2, 0.25) is 5.91 Å². The zero-order valence-corrected chi connectivity index (χ0v) is 15.3. The number of para-hydroxylation sites is 1. The van der Waals surface area contributed by atoms with Gasteiger partial charge in [0.1, 0.15) is 5.75 Å². The molecule has 0 saturated heterocycles. The largest absolute Gasteiger partial charge is 0.497 e. The summed E-state index contributed by atoms with van der Waals surface area (Å²) in [5, 5.41) is 6.20. The van der Waals surface area contributed by atoms with Gasteiger partial charge >= 0.3 is 0 Å². The Balaban J connectivity index is 1.61. The highest BCUT2D eigenvalue weighted by Crippen LogP contribution is 2.27. The normalized spacial score (nSPS) is 12.1. The van der Waals surface area contributed by atoms with Gasteiger partial charge < -0.3 is 10.1 Å². The third-order valence-corrected chi connectivity index (χ3v) is 4.86. The number of pyridine rings is 1. The Morgan fingerprint density at radius 2 is 1.74 bits per heavy atom. The van der Waals surface area contributed by atoms with E-state index in [2.05, 4.69) is 16.4 Å². The van der Waals surface area contributed by atoms with Gasteiger partial charge in [0, 0.05) is 11.6 Å². The number of nitrogens with zero attached hydrogens (tertiary/aromatic N) is 1. The standard InChI is InChI=1S/C23H20N2O2/c1-15(17-8-9-19-14-20(27-2)11-10-18(19)13-17)23(26)25-21-7-3-5-16-6-4-12-24-22(16)21/h3-15H,1-2H3,(H,25,26). The van der Waals surface area contributed by atoms with E-state index in [0.29, 0.717) is 0 Å². The first-order valence-electron chi connectivity index (χ1n) is 8.88. The molecular formula is C23H20N2O2. The van der Waals surface area contributed by atoms with E-state index in [9.17, 15) is 4.79 Å². The van der Waals surface area contributed by atoms with E-state index in [4.69, 9.17) is 4.74 Å². The predicted octanol–water partition coefficient (Wildman–Crippen LogP) is 5.14. The van der Waals surface area contributed by atoms with Gasteiger partial charge in [0.25, 0.3) is 0 Å². The molecule has 134 valence electrons. The fourth-order valence-electron chi connectivity index (χ4n) is 3.24. The number of carbonyl (C=O) groups excluding carboxylic acids is 1. The SMILES string of the molecule is COc1ccc2cc(C(C)C(=O)Nc3cccc4cccnc34)ccc2c1. The molecule has 1 heterocycles. The van der Waals surface area contributed by atoms with Crippen LogP contribution in [-0.2, 0) is 4.79 Å². The van der Waals surface area contributed by atoms with Crippen molar-refractivity contribution in [2.24, 2.45) is 0 Å². The highest BCUT2D eigenvalue weighted by molar-refractivity contribution is 6.02. The van der Waals surface area contributed by atoms with Gasteiger partial charge in [-0.05, 0) is 47.5 Å². The number of nitrogens with one attached hydrogen (secondary N) is 1. The van der Waals surface area contributed by atoms with E-state index in [1.54, 1.807) is 13.3 Å². The Bertz CT molecular complexity index is 1130. The lowest BCUT2D eigenvalue weighted by atomic mass is 9.97. The summed E-state index contributed by atoms with van der Waals surface area (Å²) in [5.41, 5.74) is 2.50. The first kappa shape index (κ1) is 17.0. The van der Waals surface area contributed by atoms with Crippen molar-refractivity contribution in [1.82, 2.24) is 4.98 Å². The molecule has 4 nitrogen and oxygen atoms in total. The minimum absolute atomic E-state index is 0.0546. The molecule has 1 N–H and O–H groups in total. The van der Waals surface area contributed by atoms with Gasteiger partial charge in [0.15, 0.2) is 0 Å². The lowest BCUT2D eigenvalue weighted by Crippen LogP contribution is -2.19. The number of hydrogen-bond acceptors (Lipinski definition) is 3. The van der Waals surface area contributed by atoms with Crippen LogP contribution in [0, 0.1) is 0 Å². The van der Waals surface area contributed by atoms with Crippen LogP contribution in [0.5, 0.6) is 5.75 Å². The number of carbonyl (C=O) groups is 1. The third kappa shape index (κ3) is 3.34. The van der Waals surface area contributed by atoms with Crippen LogP contribution < -0.4 is 10.1 Å². The third-order valence-electron chi connectivity index (χ3n) is 4.86. The number of ether oxygens (including phenoxy) is 1. The second kappa shape index (κ2) is 7.08. The summed E-state index contributed by atoms with van der Waals surface area (Å²) < 4.78 is 5.27. The molecule has 1 unspecified atom stereocenters. The molecule has 1 aromatic heterocycles. The summed E-state index contributed by atoms with van der Waals surface area (Å²) in [6.45, 7) is 1.92. The van der Waals surface area contributed by atoms with E-state index in [1.807, 2.05) is 67.6 Å². The van der Waals surface area contributed by atoms with Crippen LogP contribution in [0.25, 0.3) is 21.7 Å². The lowest BCUT2D eigenvalue weighted by Gasteiger charge is -2.14. The minimum Gasteiger partial charge on any atom is -0.497 e. The predicted molar refractivity (Wildman–Crippen MR) is 109 cm³/mol. The number of hydrogen-bond donors (Lipinski definition) is 1. The molecule has 0 radical (unpaired) electrons. The molecule has 4 aromatic rings. The fraction of sp³-hybridized carbons (Fsp3) is 0.130. The molecule has 0 fully saturated rings. The van der Waals surface area contributed by atoms with E-state index < -0.39 is 0 Å². The van der Waals surface area contributed by atoms with Gasteiger partial charge in [-0.15, -0.1) is 0 Å². The smallest absolute Gasteiger partial charge is 0.231 e. The summed E-state index contributed by atoms with van der Waals surface area (Å²) in [5.74, 6) is 0.487. The molecule has 0 aliphatic rings. The van der Waals surface area contributed by atoms with Gasteiger partial charge in [-0.2, -0.15) is 0 Å². The number of benzene rings is 3. The van der Waals surface area contributed by atoms with Crippen molar-refractivity contribution in [1.29, 1.82) is 0 Å². The van der Waals surface area contributed by atoms with Crippen molar-refractivity contribution in [2.45, 2.75) is 12.8 Å². The first-order chi connectivity index (χ1) is 13.2. The highest BCUT2D eigenvalue weighted by atomic mass is 16.5. The summed E-state index contributed by atoms with van der Waals surface area (Å²) in [7, 11) is 1.66. The highest BCUT2D eigenvalue weighted by Gasteiger charge is 2.17. The molecule has 0 bridgehead atoms. The summed E-state index contributed by atoms with van der Waals surface area (Å²) in [6.07, 6.45) is 1.74. The van der Waals surface area contributed by atoms with Gasteiger partial charge in [-0.25, -0.2) is 0 Å². The average molecular weight is 356 g/mol. The second-order valence-electron chi connectivity index (χ2n) is 6.56. The van der Waals surface area contributed by atoms with Crippen molar-refractivity contribution >= 4 is 33.3 Å². The van der Waals surface area contributed by atoms with Crippen molar-refractivity contribution in [3.8, 4) is 5.75 Å². The number of fused-ring (bicyclic) bond motifs is 2. The Kier molecular flexibility index (Phi) is 4.47. The zero-order valence-electron chi connectivity index (χ0n) is 15.3. The van der Waals surface area contributed by atoms with Crippen molar-refractivity contribution in [2.75, 3.05) is 12.4 Å². The topological polar surface area (TPSA) is 51.2 Å². The van der Waals surface area contributed by atoms with E-state index in [-0.39, 0.29) is 11.8 Å². The van der Waals surface area contributed by atoms with Crippen LogP contribution in [0.15, 0.2) is 72.9 Å². The molecule has 0 aliphatic heterocycles. The number of anilines is 1. The van der Waals surface area contributed by atoms with Crippen LogP contribution in [0.2, 0.25) is 0 Å².